The van der Waals surface area contributed by atoms with Gasteiger partial charge in [0.05, 0.1) is 11.2 Å². The van der Waals surface area contributed by atoms with E-state index in [1.807, 2.05) is 0 Å². The lowest BCUT2D eigenvalue weighted by molar-refractivity contribution is 0.0901. The summed E-state index contributed by atoms with van der Waals surface area (Å²) in [4.78, 5) is 17.0. The van der Waals surface area contributed by atoms with E-state index in [1.165, 1.54) is 11.3 Å². The van der Waals surface area contributed by atoms with E-state index in [0.29, 0.717) is 29.3 Å². The number of nitrogens with two attached hydrogens (primary N) is 1. The Hall–Kier alpha value is -1.63. The van der Waals surface area contributed by atoms with Crippen molar-refractivity contribution >= 4 is 23.1 Å². The first kappa shape index (κ1) is 14.8. The van der Waals surface area contributed by atoms with Crippen LogP contribution in [0.15, 0.2) is 10.7 Å². The van der Waals surface area contributed by atoms with E-state index >= 15 is 0 Å². The van der Waals surface area contributed by atoms with Crippen LogP contribution in [0, 0.1) is 12.8 Å². The van der Waals surface area contributed by atoms with Crippen molar-refractivity contribution < 1.29 is 10.0 Å². The molecule has 0 aromatic carbocycles. The number of hydrogen-bond acceptors (Lipinski definition) is 5. The van der Waals surface area contributed by atoms with Gasteiger partial charge in [-0.2, -0.15) is 0 Å². The van der Waals surface area contributed by atoms with Crippen LogP contribution < -0.4 is 11.1 Å². The van der Waals surface area contributed by atoms with Crippen LogP contribution in [-0.2, 0) is 0 Å². The third-order valence-corrected chi connectivity index (χ3v) is 4.96. The molecule has 110 valence electrons. The van der Waals surface area contributed by atoms with Crippen molar-refractivity contribution in [3.63, 3.8) is 0 Å². The minimum absolute atomic E-state index is 0.0833. The van der Waals surface area contributed by atoms with Crippen molar-refractivity contribution in [3.05, 3.63) is 16.1 Å². The second-order valence-electron chi connectivity index (χ2n) is 5.47. The number of amidine groups is 1. The fourth-order valence-corrected chi connectivity index (χ4v) is 3.29. The van der Waals surface area contributed by atoms with Crippen molar-refractivity contribution in [2.75, 3.05) is 0 Å². The Bertz CT molecular complexity index is 518. The molecule has 1 saturated carbocycles. The Labute approximate surface area is 122 Å². The average molecular weight is 296 g/mol. The highest BCUT2D eigenvalue weighted by molar-refractivity contribution is 7.11. The second kappa shape index (κ2) is 5.78. The first-order chi connectivity index (χ1) is 9.48. The van der Waals surface area contributed by atoms with Crippen LogP contribution in [0.1, 0.15) is 48.0 Å². The number of hydrogen-bond donors (Lipinski definition) is 3. The Morgan fingerprint density at radius 2 is 2.25 bits per heavy atom. The number of aromatic nitrogens is 1. The summed E-state index contributed by atoms with van der Waals surface area (Å²) in [6.45, 7) is 3.97. The monoisotopic (exact) mass is 296 g/mol. The summed E-state index contributed by atoms with van der Waals surface area (Å²) in [7, 11) is 0. The molecular weight excluding hydrogens is 276 g/mol. The molecule has 0 radical (unpaired) electrons. The SMILES string of the molecule is Cc1ncsc1C(=O)NC1(/C(N)=N/O)CCC(C)CC1. The first-order valence-electron chi connectivity index (χ1n) is 6.69. The van der Waals surface area contributed by atoms with Crippen LogP contribution >= 0.6 is 11.3 Å². The zero-order chi connectivity index (χ0) is 14.8. The lowest BCUT2D eigenvalue weighted by Crippen LogP contribution is -2.59. The molecule has 1 aliphatic carbocycles. The summed E-state index contributed by atoms with van der Waals surface area (Å²) >= 11 is 1.30. The maximum absolute atomic E-state index is 12.4. The minimum atomic E-state index is -0.741. The summed E-state index contributed by atoms with van der Waals surface area (Å²) in [5.74, 6) is 0.475. The summed E-state index contributed by atoms with van der Waals surface area (Å²) in [6, 6.07) is 0. The van der Waals surface area contributed by atoms with Crippen LogP contribution in [0.3, 0.4) is 0 Å². The van der Waals surface area contributed by atoms with Crippen molar-refractivity contribution in [1.29, 1.82) is 0 Å². The molecule has 7 heteroatoms. The molecule has 0 spiro atoms. The van der Waals surface area contributed by atoms with Gasteiger partial charge in [0, 0.05) is 0 Å². The number of oxime groups is 1. The Morgan fingerprint density at radius 1 is 1.60 bits per heavy atom. The molecule has 0 aliphatic heterocycles. The number of rotatable bonds is 3. The molecule has 1 amide bonds. The fraction of sp³-hybridized carbons (Fsp3) is 0.615. The second-order valence-corrected chi connectivity index (χ2v) is 6.33. The van der Waals surface area contributed by atoms with Crippen LogP contribution in [-0.4, -0.2) is 27.5 Å². The Morgan fingerprint density at radius 3 is 2.75 bits per heavy atom. The number of amides is 1. The maximum Gasteiger partial charge on any atom is 0.264 e. The molecule has 1 aromatic rings. The smallest absolute Gasteiger partial charge is 0.264 e. The molecule has 6 nitrogen and oxygen atoms in total. The summed E-state index contributed by atoms with van der Waals surface area (Å²) < 4.78 is 0. The lowest BCUT2D eigenvalue weighted by atomic mass is 9.76. The molecule has 2 rings (SSSR count). The van der Waals surface area contributed by atoms with Crippen molar-refractivity contribution in [1.82, 2.24) is 10.3 Å². The molecule has 1 fully saturated rings. The highest BCUT2D eigenvalue weighted by Crippen LogP contribution is 2.32. The summed E-state index contributed by atoms with van der Waals surface area (Å²) in [5, 5.41) is 15.1. The van der Waals surface area contributed by atoms with E-state index in [1.54, 1.807) is 12.4 Å². The van der Waals surface area contributed by atoms with Crippen molar-refractivity contribution in [2.45, 2.75) is 45.1 Å². The number of carbonyl (C=O) groups is 1. The number of thiazole rings is 1. The predicted molar refractivity (Wildman–Crippen MR) is 78.1 cm³/mol. The van der Waals surface area contributed by atoms with Crippen LogP contribution in [0.2, 0.25) is 0 Å². The third kappa shape index (κ3) is 2.77. The van der Waals surface area contributed by atoms with Gasteiger partial charge in [-0.05, 0) is 38.5 Å². The van der Waals surface area contributed by atoms with Crippen LogP contribution in [0.25, 0.3) is 0 Å². The van der Waals surface area contributed by atoms with E-state index < -0.39 is 5.54 Å². The molecular formula is C13H20N4O2S. The van der Waals surface area contributed by atoms with Gasteiger partial charge in [0.1, 0.15) is 10.4 Å². The first-order valence-corrected chi connectivity index (χ1v) is 7.57. The Kier molecular flexibility index (Phi) is 4.27. The lowest BCUT2D eigenvalue weighted by Gasteiger charge is -2.38. The van der Waals surface area contributed by atoms with E-state index in [4.69, 9.17) is 10.9 Å². The molecule has 0 bridgehead atoms. The average Bonchev–Trinajstić information content (AvgIpc) is 2.87. The zero-order valence-corrected chi connectivity index (χ0v) is 12.5. The molecule has 0 atom stereocenters. The Balaban J connectivity index is 2.21. The van der Waals surface area contributed by atoms with Gasteiger partial charge < -0.3 is 16.3 Å². The number of nitrogens with one attached hydrogen (secondary N) is 1. The number of aryl methyl sites for hydroxylation is 1. The summed E-state index contributed by atoms with van der Waals surface area (Å²) in [5.41, 5.74) is 7.44. The van der Waals surface area contributed by atoms with Gasteiger partial charge in [-0.1, -0.05) is 12.1 Å². The van der Waals surface area contributed by atoms with Gasteiger partial charge in [-0.3, -0.25) is 4.79 Å². The van der Waals surface area contributed by atoms with E-state index in [2.05, 4.69) is 22.4 Å². The van der Waals surface area contributed by atoms with Gasteiger partial charge in [0.2, 0.25) is 0 Å². The molecule has 0 unspecified atom stereocenters. The normalized spacial score (nSPS) is 27.3. The number of carbonyl (C=O) groups excluding carboxylic acids is 1. The minimum Gasteiger partial charge on any atom is -0.409 e. The zero-order valence-electron chi connectivity index (χ0n) is 11.7. The number of nitrogens with zero attached hydrogens (tertiary/aromatic N) is 2. The molecule has 1 aromatic heterocycles. The molecule has 1 heterocycles. The van der Waals surface area contributed by atoms with Gasteiger partial charge in [-0.25, -0.2) is 4.98 Å². The quantitative estimate of drug-likeness (QED) is 0.343. The largest absolute Gasteiger partial charge is 0.409 e. The summed E-state index contributed by atoms with van der Waals surface area (Å²) in [6.07, 6.45) is 3.26. The van der Waals surface area contributed by atoms with E-state index in [9.17, 15) is 4.79 Å². The van der Waals surface area contributed by atoms with Gasteiger partial charge in [-0.15, -0.1) is 11.3 Å². The van der Waals surface area contributed by atoms with Crippen molar-refractivity contribution in [3.8, 4) is 0 Å². The molecule has 1 aliphatic rings. The topological polar surface area (TPSA) is 101 Å². The molecule has 20 heavy (non-hydrogen) atoms. The van der Waals surface area contributed by atoms with Crippen LogP contribution in [0.4, 0.5) is 0 Å². The fourth-order valence-electron chi connectivity index (χ4n) is 2.59. The van der Waals surface area contributed by atoms with Gasteiger partial charge in [0.15, 0.2) is 5.84 Å². The molecule has 0 saturated heterocycles. The highest BCUT2D eigenvalue weighted by atomic mass is 32.1. The van der Waals surface area contributed by atoms with Gasteiger partial charge in [0.25, 0.3) is 5.91 Å². The van der Waals surface area contributed by atoms with Crippen molar-refractivity contribution in [2.24, 2.45) is 16.8 Å². The molecule has 4 N–H and O–H groups in total. The van der Waals surface area contributed by atoms with E-state index in [-0.39, 0.29) is 11.7 Å². The van der Waals surface area contributed by atoms with Gasteiger partial charge >= 0.3 is 0 Å². The predicted octanol–water partition coefficient (Wildman–Crippen LogP) is 1.88. The standard InChI is InChI=1S/C13H20N4O2S/c1-8-3-5-13(6-4-8,12(14)17-19)16-11(18)10-9(2)15-7-20-10/h7-8,19H,3-6H2,1-2H3,(H2,14,17)(H,16,18). The van der Waals surface area contributed by atoms with Crippen LogP contribution in [0.5, 0.6) is 0 Å². The third-order valence-electron chi connectivity index (χ3n) is 4.03. The van der Waals surface area contributed by atoms with E-state index in [0.717, 1.165) is 12.8 Å². The maximum atomic E-state index is 12.4. The highest BCUT2D eigenvalue weighted by Gasteiger charge is 2.40.